The topological polar surface area (TPSA) is 78.9 Å². The first kappa shape index (κ1) is 26.1. The second-order valence-electron chi connectivity index (χ2n) is 9.50. The van der Waals surface area contributed by atoms with Gasteiger partial charge in [-0.05, 0) is 74.9 Å². The third-order valence-electron chi connectivity index (χ3n) is 5.56. The molecule has 1 unspecified atom stereocenters. The van der Waals surface area contributed by atoms with Gasteiger partial charge in [0.1, 0.15) is 11.4 Å². The highest BCUT2D eigenvalue weighted by Gasteiger charge is 2.18. The minimum absolute atomic E-state index is 0.151. The van der Waals surface area contributed by atoms with E-state index in [0.717, 1.165) is 39.8 Å². The second-order valence-corrected chi connectivity index (χ2v) is 9.50. The number of pyridine rings is 1. The van der Waals surface area contributed by atoms with Crippen LogP contribution in [0.2, 0.25) is 0 Å². The molecule has 0 saturated carbocycles. The summed E-state index contributed by atoms with van der Waals surface area (Å²) in [7, 11) is 3.22. The number of amides is 1. The molecule has 35 heavy (non-hydrogen) atoms. The lowest BCUT2D eigenvalue weighted by molar-refractivity contribution is 0.0523. The summed E-state index contributed by atoms with van der Waals surface area (Å²) in [5.41, 5.74) is 2.26. The molecule has 1 atom stereocenters. The van der Waals surface area contributed by atoms with E-state index < -0.39 is 11.7 Å². The van der Waals surface area contributed by atoms with Crippen LogP contribution in [0.5, 0.6) is 17.2 Å². The van der Waals surface area contributed by atoms with Crippen LogP contribution in [0.4, 0.5) is 4.79 Å². The molecule has 0 aliphatic carbocycles. The number of nitrogens with zero attached hydrogens (tertiary/aromatic N) is 1. The van der Waals surface area contributed by atoms with Crippen LogP contribution < -0.4 is 19.5 Å². The number of benzene rings is 2. The first-order chi connectivity index (χ1) is 16.6. The van der Waals surface area contributed by atoms with E-state index in [0.29, 0.717) is 17.9 Å². The highest BCUT2D eigenvalue weighted by molar-refractivity contribution is 5.91. The van der Waals surface area contributed by atoms with E-state index in [2.05, 4.69) is 31.3 Å². The zero-order valence-corrected chi connectivity index (χ0v) is 21.7. The summed E-state index contributed by atoms with van der Waals surface area (Å²) in [6.07, 6.45) is 3.02. The normalized spacial score (nSPS) is 12.2. The van der Waals surface area contributed by atoms with Crippen LogP contribution >= 0.6 is 0 Å². The van der Waals surface area contributed by atoms with Gasteiger partial charge in [-0.15, -0.1) is 0 Å². The predicted octanol–water partition coefficient (Wildman–Crippen LogP) is 6.04. The van der Waals surface area contributed by atoms with Crippen LogP contribution in [0.1, 0.15) is 57.9 Å². The Kier molecular flexibility index (Phi) is 8.43. The third-order valence-corrected chi connectivity index (χ3v) is 5.56. The molecule has 1 aromatic heterocycles. The maximum atomic E-state index is 12.2. The summed E-state index contributed by atoms with van der Waals surface area (Å²) >= 11 is 0. The molecule has 1 amide bonds. The number of carbonyl (C=O) groups is 1. The van der Waals surface area contributed by atoms with Gasteiger partial charge in [0.15, 0.2) is 11.5 Å². The molecule has 0 aliphatic heterocycles. The average Bonchev–Trinajstić information content (AvgIpc) is 2.81. The number of aromatic nitrogens is 1. The summed E-state index contributed by atoms with van der Waals surface area (Å²) in [6, 6.07) is 12.0. The van der Waals surface area contributed by atoms with Crippen molar-refractivity contribution in [2.45, 2.75) is 65.7 Å². The molecule has 3 rings (SSSR count). The van der Waals surface area contributed by atoms with E-state index in [1.807, 2.05) is 45.0 Å². The number of hydrogen-bond donors (Lipinski definition) is 1. The molecule has 0 radical (unpaired) electrons. The molecule has 0 aliphatic rings. The summed E-state index contributed by atoms with van der Waals surface area (Å²) in [5, 5.41) is 4.68. The van der Waals surface area contributed by atoms with Crippen molar-refractivity contribution in [1.29, 1.82) is 0 Å². The number of alkyl carbamates (subject to hydrolysis) is 1. The molecule has 1 N–H and O–H groups in total. The maximum absolute atomic E-state index is 12.2. The number of ether oxygens (including phenoxy) is 4. The standard InChI is InChI=1S/C28H36N2O5/c1-8-18(2)34-21-11-9-10-19(12-21)13-24-23-15-26(33-7)25(32-6)14-22(23)20(16-29-24)17-30-27(31)35-28(3,4)5/h9-12,14-16,18H,8,13,17H2,1-7H3,(H,30,31). The Labute approximate surface area is 207 Å². The number of fused-ring (bicyclic) bond motifs is 1. The van der Waals surface area contributed by atoms with Crippen molar-refractivity contribution in [2.75, 3.05) is 14.2 Å². The van der Waals surface area contributed by atoms with Gasteiger partial charge in [0.25, 0.3) is 0 Å². The maximum Gasteiger partial charge on any atom is 0.407 e. The van der Waals surface area contributed by atoms with Crippen molar-refractivity contribution >= 4 is 16.9 Å². The van der Waals surface area contributed by atoms with E-state index in [1.54, 1.807) is 20.4 Å². The Morgan fingerprint density at radius 2 is 1.74 bits per heavy atom. The molecule has 7 heteroatoms. The molecule has 0 spiro atoms. The van der Waals surface area contributed by atoms with Crippen LogP contribution in [0.3, 0.4) is 0 Å². The Hall–Kier alpha value is -3.48. The fraction of sp³-hybridized carbons (Fsp3) is 0.429. The van der Waals surface area contributed by atoms with Crippen molar-refractivity contribution in [3.8, 4) is 17.2 Å². The number of hydrogen-bond acceptors (Lipinski definition) is 6. The van der Waals surface area contributed by atoms with Crippen LogP contribution in [0.15, 0.2) is 42.6 Å². The predicted molar refractivity (Wildman–Crippen MR) is 138 cm³/mol. The van der Waals surface area contributed by atoms with E-state index in [4.69, 9.17) is 23.9 Å². The Morgan fingerprint density at radius 3 is 2.37 bits per heavy atom. The number of rotatable bonds is 9. The molecule has 0 fully saturated rings. The van der Waals surface area contributed by atoms with E-state index in [9.17, 15) is 4.79 Å². The van der Waals surface area contributed by atoms with Gasteiger partial charge in [-0.3, -0.25) is 4.98 Å². The highest BCUT2D eigenvalue weighted by Crippen LogP contribution is 2.35. The van der Waals surface area contributed by atoms with Crippen molar-refractivity contribution in [1.82, 2.24) is 10.3 Å². The average molecular weight is 481 g/mol. The zero-order valence-electron chi connectivity index (χ0n) is 21.7. The largest absolute Gasteiger partial charge is 0.493 e. The molecule has 0 bridgehead atoms. The van der Waals surface area contributed by atoms with Crippen molar-refractivity contribution in [3.63, 3.8) is 0 Å². The monoisotopic (exact) mass is 480 g/mol. The zero-order chi connectivity index (χ0) is 25.6. The summed E-state index contributed by atoms with van der Waals surface area (Å²) in [4.78, 5) is 17.0. The third kappa shape index (κ3) is 7.01. The van der Waals surface area contributed by atoms with Crippen molar-refractivity contribution < 1.29 is 23.7 Å². The quantitative estimate of drug-likeness (QED) is 0.402. The Morgan fingerprint density at radius 1 is 1.06 bits per heavy atom. The first-order valence-corrected chi connectivity index (χ1v) is 11.9. The smallest absolute Gasteiger partial charge is 0.407 e. The van der Waals surface area contributed by atoms with E-state index in [1.165, 1.54) is 0 Å². The fourth-order valence-electron chi connectivity index (χ4n) is 3.68. The van der Waals surface area contributed by atoms with Crippen molar-refractivity contribution in [3.05, 3.63) is 59.4 Å². The number of methoxy groups -OCH3 is 2. The lowest BCUT2D eigenvalue weighted by Gasteiger charge is -2.20. The van der Waals surface area contributed by atoms with Gasteiger partial charge in [0, 0.05) is 24.5 Å². The molecule has 0 saturated heterocycles. The second kappa shape index (κ2) is 11.3. The van der Waals surface area contributed by atoms with Gasteiger partial charge in [-0.1, -0.05) is 19.1 Å². The molecule has 7 nitrogen and oxygen atoms in total. The van der Waals surface area contributed by atoms with Gasteiger partial charge >= 0.3 is 6.09 Å². The fourth-order valence-corrected chi connectivity index (χ4v) is 3.68. The van der Waals surface area contributed by atoms with E-state index >= 15 is 0 Å². The van der Waals surface area contributed by atoms with Crippen molar-refractivity contribution in [2.24, 2.45) is 0 Å². The first-order valence-electron chi connectivity index (χ1n) is 11.9. The van der Waals surface area contributed by atoms with Gasteiger partial charge in [-0.25, -0.2) is 4.79 Å². The van der Waals surface area contributed by atoms with Crippen LogP contribution in [0.25, 0.3) is 10.8 Å². The number of carbonyl (C=O) groups excluding carboxylic acids is 1. The summed E-state index contributed by atoms with van der Waals surface area (Å²) in [5.74, 6) is 2.08. The molecular weight excluding hydrogens is 444 g/mol. The number of nitrogens with one attached hydrogen (secondary N) is 1. The van der Waals surface area contributed by atoms with Gasteiger partial charge in [0.05, 0.1) is 26.0 Å². The lowest BCUT2D eigenvalue weighted by Crippen LogP contribution is -2.32. The Balaban J connectivity index is 1.97. The Bertz CT molecular complexity index is 1170. The molecule has 3 aromatic rings. The molecule has 188 valence electrons. The molecule has 2 aromatic carbocycles. The van der Waals surface area contributed by atoms with Gasteiger partial charge < -0.3 is 24.3 Å². The van der Waals surface area contributed by atoms with Crippen LogP contribution in [0, 0.1) is 0 Å². The van der Waals surface area contributed by atoms with Gasteiger partial charge in [0.2, 0.25) is 0 Å². The lowest BCUT2D eigenvalue weighted by atomic mass is 9.99. The van der Waals surface area contributed by atoms with Crippen LogP contribution in [-0.4, -0.2) is 37.0 Å². The summed E-state index contributed by atoms with van der Waals surface area (Å²) < 4.78 is 22.5. The minimum atomic E-state index is -0.571. The van der Waals surface area contributed by atoms with Crippen LogP contribution in [-0.2, 0) is 17.7 Å². The molecular formula is C28H36N2O5. The molecule has 1 heterocycles. The van der Waals surface area contributed by atoms with Gasteiger partial charge in [-0.2, -0.15) is 0 Å². The van der Waals surface area contributed by atoms with E-state index in [-0.39, 0.29) is 12.6 Å². The minimum Gasteiger partial charge on any atom is -0.493 e. The summed E-state index contributed by atoms with van der Waals surface area (Å²) in [6.45, 7) is 9.93. The highest BCUT2D eigenvalue weighted by atomic mass is 16.6. The SMILES string of the molecule is CCC(C)Oc1cccc(Cc2ncc(CNC(=O)OC(C)(C)C)c3cc(OC)c(OC)cc23)c1.